The van der Waals surface area contributed by atoms with Crippen LogP contribution in [-0.2, 0) is 0 Å². The van der Waals surface area contributed by atoms with Crippen LogP contribution in [0.5, 0.6) is 0 Å². The molecule has 1 aliphatic carbocycles. The lowest BCUT2D eigenvalue weighted by Crippen LogP contribution is -2.52. The number of hydrogen-bond donors (Lipinski definition) is 2. The van der Waals surface area contributed by atoms with Crippen LogP contribution >= 0.6 is 0 Å². The first-order chi connectivity index (χ1) is 5.02. The zero-order valence-electron chi connectivity index (χ0n) is 7.85. The molecule has 0 bridgehead atoms. The second-order valence-electron chi connectivity index (χ2n) is 4.47. The minimum atomic E-state index is 0.284. The lowest BCUT2D eigenvalue weighted by atomic mass is 9.67. The molecule has 0 heterocycles. The van der Waals surface area contributed by atoms with Crippen LogP contribution in [0.4, 0.5) is 0 Å². The summed E-state index contributed by atoms with van der Waals surface area (Å²) in [6, 6.07) is 0.986. The van der Waals surface area contributed by atoms with E-state index >= 15 is 0 Å². The van der Waals surface area contributed by atoms with Gasteiger partial charge in [-0.25, -0.2) is 0 Å². The van der Waals surface area contributed by atoms with Gasteiger partial charge in [-0.15, -0.1) is 0 Å². The molecule has 2 atom stereocenters. The van der Waals surface area contributed by atoms with Crippen LogP contribution in [0, 0.1) is 5.41 Å². The van der Waals surface area contributed by atoms with Crippen LogP contribution in [0.25, 0.3) is 0 Å². The van der Waals surface area contributed by atoms with E-state index < -0.39 is 0 Å². The van der Waals surface area contributed by atoms with E-state index in [1.54, 1.807) is 0 Å². The number of nitrogens with two attached hydrogens (primary N) is 1. The van der Waals surface area contributed by atoms with Crippen LogP contribution in [-0.4, -0.2) is 18.6 Å². The van der Waals surface area contributed by atoms with E-state index in [4.69, 9.17) is 5.73 Å². The van der Waals surface area contributed by atoms with Crippen LogP contribution in [0.3, 0.4) is 0 Å². The third-order valence-electron chi connectivity index (χ3n) is 2.71. The summed E-state index contributed by atoms with van der Waals surface area (Å²) >= 11 is 0. The van der Waals surface area contributed by atoms with Gasteiger partial charge in [-0.05, 0) is 25.2 Å². The SMILES string of the molecule is CC(N)CNC1CCC1(C)C. The molecule has 11 heavy (non-hydrogen) atoms. The third kappa shape index (κ3) is 2.17. The third-order valence-corrected chi connectivity index (χ3v) is 2.71. The van der Waals surface area contributed by atoms with Gasteiger partial charge in [0.1, 0.15) is 0 Å². The average Bonchev–Trinajstić information content (AvgIpc) is 1.85. The standard InChI is InChI=1S/C9H20N2/c1-7(10)6-11-8-4-5-9(8,2)3/h7-8,11H,4-6,10H2,1-3H3. The Balaban J connectivity index is 2.18. The summed E-state index contributed by atoms with van der Waals surface area (Å²) in [6.07, 6.45) is 2.67. The van der Waals surface area contributed by atoms with Crippen molar-refractivity contribution >= 4 is 0 Å². The van der Waals surface area contributed by atoms with Gasteiger partial charge in [0.25, 0.3) is 0 Å². The molecule has 1 saturated carbocycles. The molecule has 1 aliphatic rings. The highest BCUT2D eigenvalue weighted by atomic mass is 15.0. The molecule has 0 aromatic rings. The van der Waals surface area contributed by atoms with Crippen molar-refractivity contribution in [2.24, 2.45) is 11.1 Å². The quantitative estimate of drug-likeness (QED) is 0.642. The average molecular weight is 156 g/mol. The lowest BCUT2D eigenvalue weighted by molar-refractivity contribution is 0.108. The van der Waals surface area contributed by atoms with E-state index in [1.807, 2.05) is 6.92 Å². The summed E-state index contributed by atoms with van der Waals surface area (Å²) < 4.78 is 0. The Hall–Kier alpha value is -0.0800. The fraction of sp³-hybridized carbons (Fsp3) is 1.00. The van der Waals surface area contributed by atoms with E-state index in [-0.39, 0.29) is 6.04 Å². The van der Waals surface area contributed by atoms with Crippen molar-refractivity contribution in [1.82, 2.24) is 5.32 Å². The van der Waals surface area contributed by atoms with Crippen molar-refractivity contribution in [1.29, 1.82) is 0 Å². The summed E-state index contributed by atoms with van der Waals surface area (Å²) in [7, 11) is 0. The molecule has 1 fully saturated rings. The maximum atomic E-state index is 5.65. The summed E-state index contributed by atoms with van der Waals surface area (Å²) in [5, 5.41) is 3.48. The Kier molecular flexibility index (Phi) is 2.55. The van der Waals surface area contributed by atoms with Crippen LogP contribution in [0.2, 0.25) is 0 Å². The second-order valence-corrected chi connectivity index (χ2v) is 4.47. The Morgan fingerprint density at radius 3 is 2.55 bits per heavy atom. The molecule has 0 aromatic carbocycles. The fourth-order valence-corrected chi connectivity index (χ4v) is 1.57. The van der Waals surface area contributed by atoms with Gasteiger partial charge in [-0.2, -0.15) is 0 Å². The molecule has 0 spiro atoms. The van der Waals surface area contributed by atoms with Crippen molar-refractivity contribution < 1.29 is 0 Å². The minimum absolute atomic E-state index is 0.284. The monoisotopic (exact) mass is 156 g/mol. The number of nitrogens with one attached hydrogen (secondary N) is 1. The molecule has 0 radical (unpaired) electrons. The van der Waals surface area contributed by atoms with Gasteiger partial charge in [0, 0.05) is 18.6 Å². The van der Waals surface area contributed by atoms with Crippen molar-refractivity contribution in [2.75, 3.05) is 6.54 Å². The molecule has 0 aliphatic heterocycles. The molecular formula is C9H20N2. The molecule has 2 heteroatoms. The van der Waals surface area contributed by atoms with Crippen molar-refractivity contribution in [2.45, 2.75) is 45.7 Å². The molecule has 0 amide bonds. The molecule has 66 valence electrons. The summed E-state index contributed by atoms with van der Waals surface area (Å²) in [6.45, 7) is 7.62. The zero-order valence-corrected chi connectivity index (χ0v) is 7.85. The molecular weight excluding hydrogens is 136 g/mol. The van der Waals surface area contributed by atoms with Crippen LogP contribution in [0.15, 0.2) is 0 Å². The van der Waals surface area contributed by atoms with Gasteiger partial charge in [-0.1, -0.05) is 13.8 Å². The van der Waals surface area contributed by atoms with E-state index in [0.717, 1.165) is 6.54 Å². The van der Waals surface area contributed by atoms with Gasteiger partial charge in [0.2, 0.25) is 0 Å². The normalized spacial score (nSPS) is 31.1. The first kappa shape index (κ1) is 9.01. The first-order valence-electron chi connectivity index (χ1n) is 4.51. The lowest BCUT2D eigenvalue weighted by Gasteiger charge is -2.45. The van der Waals surface area contributed by atoms with Gasteiger partial charge in [0.15, 0.2) is 0 Å². The van der Waals surface area contributed by atoms with E-state index in [9.17, 15) is 0 Å². The van der Waals surface area contributed by atoms with E-state index in [1.165, 1.54) is 12.8 Å². The maximum absolute atomic E-state index is 5.65. The molecule has 0 aromatic heterocycles. The van der Waals surface area contributed by atoms with Gasteiger partial charge < -0.3 is 11.1 Å². The largest absolute Gasteiger partial charge is 0.327 e. The molecule has 3 N–H and O–H groups in total. The summed E-state index contributed by atoms with van der Waals surface area (Å²) in [4.78, 5) is 0. The smallest absolute Gasteiger partial charge is 0.0136 e. The van der Waals surface area contributed by atoms with Gasteiger partial charge in [0.05, 0.1) is 0 Å². The molecule has 0 saturated heterocycles. The zero-order chi connectivity index (χ0) is 8.48. The Morgan fingerprint density at radius 1 is 1.64 bits per heavy atom. The van der Waals surface area contributed by atoms with Crippen molar-refractivity contribution in [3.8, 4) is 0 Å². The summed E-state index contributed by atoms with van der Waals surface area (Å²) in [5.41, 5.74) is 6.15. The number of hydrogen-bond acceptors (Lipinski definition) is 2. The van der Waals surface area contributed by atoms with Gasteiger partial charge >= 0.3 is 0 Å². The summed E-state index contributed by atoms with van der Waals surface area (Å²) in [5.74, 6) is 0. The van der Waals surface area contributed by atoms with E-state index in [0.29, 0.717) is 11.5 Å². The Morgan fingerprint density at radius 2 is 2.27 bits per heavy atom. The fourth-order valence-electron chi connectivity index (χ4n) is 1.57. The highest BCUT2D eigenvalue weighted by molar-refractivity contribution is 4.94. The van der Waals surface area contributed by atoms with Crippen LogP contribution in [0.1, 0.15) is 33.6 Å². The van der Waals surface area contributed by atoms with Crippen LogP contribution < -0.4 is 11.1 Å². The van der Waals surface area contributed by atoms with Gasteiger partial charge in [-0.3, -0.25) is 0 Å². The predicted octanol–water partition coefficient (Wildman–Crippen LogP) is 1.11. The molecule has 2 unspecified atom stereocenters. The molecule has 1 rings (SSSR count). The predicted molar refractivity (Wildman–Crippen MR) is 48.5 cm³/mol. The maximum Gasteiger partial charge on any atom is 0.0136 e. The van der Waals surface area contributed by atoms with Crippen molar-refractivity contribution in [3.05, 3.63) is 0 Å². The topological polar surface area (TPSA) is 38.0 Å². The molecule has 2 nitrogen and oxygen atoms in total. The Labute approximate surface area is 69.5 Å². The minimum Gasteiger partial charge on any atom is -0.327 e. The number of rotatable bonds is 3. The highest BCUT2D eigenvalue weighted by Crippen LogP contribution is 2.39. The Bertz CT molecular complexity index is 130. The highest BCUT2D eigenvalue weighted by Gasteiger charge is 2.37. The second kappa shape index (κ2) is 3.11. The van der Waals surface area contributed by atoms with Crippen molar-refractivity contribution in [3.63, 3.8) is 0 Å². The van der Waals surface area contributed by atoms with E-state index in [2.05, 4.69) is 19.2 Å². The first-order valence-corrected chi connectivity index (χ1v) is 4.51.